The topological polar surface area (TPSA) is 20.2 Å². The summed E-state index contributed by atoms with van der Waals surface area (Å²) in [4.78, 5) is 0. The second-order valence-electron chi connectivity index (χ2n) is 2.86. The molecule has 0 aromatic heterocycles. The number of unbranched alkanes of at least 4 members (excludes halogenated alkanes) is 2. The first-order chi connectivity index (χ1) is 4.62. The van der Waals surface area contributed by atoms with Crippen molar-refractivity contribution in [3.63, 3.8) is 0 Å². The minimum Gasteiger partial charge on any atom is -0.378 e. The molecule has 0 amide bonds. The Morgan fingerprint density at radius 3 is 2.50 bits per heavy atom. The third-order valence-corrected chi connectivity index (χ3v) is 1.54. The van der Waals surface area contributed by atoms with Crippen LogP contribution in [0.5, 0.6) is 0 Å². The van der Waals surface area contributed by atoms with Gasteiger partial charge in [-0.3, -0.25) is 0 Å². The minimum atomic E-state index is -0.991. The Morgan fingerprint density at radius 1 is 1.50 bits per heavy atom. The molecular formula is C9H15O. The lowest BCUT2D eigenvalue weighted by molar-refractivity contribution is 0.109. The van der Waals surface area contributed by atoms with Gasteiger partial charge in [-0.25, -0.2) is 0 Å². The molecule has 1 N–H and O–H groups in total. The van der Waals surface area contributed by atoms with Gasteiger partial charge in [0.25, 0.3) is 0 Å². The Morgan fingerprint density at radius 2 is 2.10 bits per heavy atom. The van der Waals surface area contributed by atoms with Crippen molar-refractivity contribution in [1.82, 2.24) is 0 Å². The lowest BCUT2D eigenvalue weighted by atomic mass is 10.00. The van der Waals surface area contributed by atoms with Crippen LogP contribution in [0.1, 0.15) is 39.5 Å². The molecule has 1 heteroatoms. The largest absolute Gasteiger partial charge is 0.378 e. The van der Waals surface area contributed by atoms with Crippen LogP contribution in [0.25, 0.3) is 0 Å². The molecule has 0 heterocycles. The average molecular weight is 139 g/mol. The van der Waals surface area contributed by atoms with Crippen LogP contribution in [-0.4, -0.2) is 10.7 Å². The Hall–Kier alpha value is -0.480. The highest BCUT2D eigenvalue weighted by Crippen LogP contribution is 2.12. The van der Waals surface area contributed by atoms with Gasteiger partial charge in [0.05, 0.1) is 0 Å². The second kappa shape index (κ2) is 4.35. The zero-order valence-electron chi connectivity index (χ0n) is 6.78. The van der Waals surface area contributed by atoms with Crippen LogP contribution in [0.3, 0.4) is 0 Å². The predicted molar refractivity (Wildman–Crippen MR) is 41.9 cm³/mol. The molecule has 0 aromatic carbocycles. The third-order valence-electron chi connectivity index (χ3n) is 1.54. The van der Waals surface area contributed by atoms with Gasteiger partial charge in [0.15, 0.2) is 0 Å². The number of hydrogen-bond donors (Lipinski definition) is 1. The van der Waals surface area contributed by atoms with E-state index in [1.165, 1.54) is 0 Å². The van der Waals surface area contributed by atoms with E-state index in [9.17, 15) is 5.11 Å². The molecule has 0 aliphatic carbocycles. The van der Waals surface area contributed by atoms with Crippen LogP contribution < -0.4 is 0 Å². The smallest absolute Gasteiger partial charge is 0.123 e. The summed E-state index contributed by atoms with van der Waals surface area (Å²) in [5.74, 6) is 2.11. The molecule has 0 saturated carbocycles. The van der Waals surface area contributed by atoms with Crippen molar-refractivity contribution in [2.75, 3.05) is 0 Å². The Balaban J connectivity index is 3.40. The highest BCUT2D eigenvalue weighted by atomic mass is 16.3. The molecule has 1 nitrogen and oxygen atoms in total. The lowest BCUT2D eigenvalue weighted by Gasteiger charge is -2.14. The molecule has 0 fully saturated rings. The maximum Gasteiger partial charge on any atom is 0.123 e. The third kappa shape index (κ3) is 4.40. The van der Waals surface area contributed by atoms with Crippen LogP contribution in [0.4, 0.5) is 0 Å². The first-order valence-corrected chi connectivity index (χ1v) is 3.78. The van der Waals surface area contributed by atoms with Gasteiger partial charge >= 0.3 is 0 Å². The van der Waals surface area contributed by atoms with E-state index in [1.807, 2.05) is 0 Å². The Bertz CT molecular complexity index is 119. The summed E-state index contributed by atoms with van der Waals surface area (Å²) in [6.07, 6.45) is 10.6. The summed E-state index contributed by atoms with van der Waals surface area (Å²) in [7, 11) is 0. The molecule has 0 aromatic rings. The van der Waals surface area contributed by atoms with Gasteiger partial charge in [-0.15, -0.1) is 0 Å². The molecule has 1 atom stereocenters. The van der Waals surface area contributed by atoms with E-state index >= 15 is 0 Å². The van der Waals surface area contributed by atoms with E-state index < -0.39 is 5.60 Å². The Labute approximate surface area is 63.5 Å². The highest BCUT2D eigenvalue weighted by Gasteiger charge is 2.14. The maximum absolute atomic E-state index is 9.25. The van der Waals surface area contributed by atoms with Gasteiger partial charge in [-0.2, -0.15) is 0 Å². The first-order valence-electron chi connectivity index (χ1n) is 3.78. The monoisotopic (exact) mass is 139 g/mol. The van der Waals surface area contributed by atoms with Crippen molar-refractivity contribution in [2.45, 2.75) is 45.1 Å². The van der Waals surface area contributed by atoms with Crippen molar-refractivity contribution in [2.24, 2.45) is 0 Å². The molecule has 0 spiro atoms. The van der Waals surface area contributed by atoms with Gasteiger partial charge in [0, 0.05) is 0 Å². The number of rotatable bonds is 4. The van der Waals surface area contributed by atoms with Crippen molar-refractivity contribution < 1.29 is 5.11 Å². The van der Waals surface area contributed by atoms with Gasteiger partial charge in [-0.05, 0) is 26.2 Å². The molecule has 10 heavy (non-hydrogen) atoms. The normalized spacial score (nSPS) is 15.8. The predicted octanol–water partition coefficient (Wildman–Crippen LogP) is 1.91. The van der Waals surface area contributed by atoms with E-state index in [2.05, 4.69) is 12.8 Å². The van der Waals surface area contributed by atoms with Crippen molar-refractivity contribution in [1.29, 1.82) is 0 Å². The van der Waals surface area contributed by atoms with E-state index in [4.69, 9.17) is 6.42 Å². The van der Waals surface area contributed by atoms with E-state index in [-0.39, 0.29) is 0 Å². The van der Waals surface area contributed by atoms with E-state index in [1.54, 1.807) is 6.92 Å². The number of aliphatic hydroxyl groups is 1. The summed E-state index contributed by atoms with van der Waals surface area (Å²) in [5.41, 5.74) is -0.991. The average Bonchev–Trinajstić information content (AvgIpc) is 1.89. The first kappa shape index (κ1) is 9.52. The molecule has 57 valence electrons. The van der Waals surface area contributed by atoms with Crippen LogP contribution >= 0.6 is 0 Å². The minimum absolute atomic E-state index is 0.657. The van der Waals surface area contributed by atoms with Gasteiger partial charge < -0.3 is 5.11 Å². The lowest BCUT2D eigenvalue weighted by Crippen LogP contribution is -2.20. The van der Waals surface area contributed by atoms with Crippen molar-refractivity contribution >= 4 is 0 Å². The Kier molecular flexibility index (Phi) is 4.14. The molecule has 0 saturated heterocycles. The zero-order chi connectivity index (χ0) is 8.04. The number of hydrogen-bond acceptors (Lipinski definition) is 1. The fourth-order valence-corrected chi connectivity index (χ4v) is 0.782. The zero-order valence-corrected chi connectivity index (χ0v) is 6.78. The summed E-state index contributed by atoms with van der Waals surface area (Å²) < 4.78 is 0. The van der Waals surface area contributed by atoms with Gasteiger partial charge in [0.1, 0.15) is 5.60 Å². The summed E-state index contributed by atoms with van der Waals surface area (Å²) >= 11 is 0. The fraction of sp³-hybridized carbons (Fsp3) is 0.778. The molecule has 0 aliphatic heterocycles. The molecule has 1 unspecified atom stereocenters. The summed E-state index contributed by atoms with van der Waals surface area (Å²) in [6, 6.07) is 0. The molecule has 1 radical (unpaired) electrons. The van der Waals surface area contributed by atoms with Crippen LogP contribution in [0.15, 0.2) is 0 Å². The fourth-order valence-electron chi connectivity index (χ4n) is 0.782. The second-order valence-corrected chi connectivity index (χ2v) is 2.86. The van der Waals surface area contributed by atoms with Gasteiger partial charge in [0.2, 0.25) is 0 Å². The summed E-state index contributed by atoms with van der Waals surface area (Å²) in [6.45, 7) is 3.73. The maximum atomic E-state index is 9.25. The van der Waals surface area contributed by atoms with E-state index in [0.717, 1.165) is 19.3 Å². The summed E-state index contributed by atoms with van der Waals surface area (Å²) in [5, 5.41) is 9.25. The van der Waals surface area contributed by atoms with Crippen molar-refractivity contribution in [3.8, 4) is 5.92 Å². The van der Waals surface area contributed by atoms with Crippen LogP contribution in [0, 0.1) is 12.3 Å². The van der Waals surface area contributed by atoms with Gasteiger partial charge in [-0.1, -0.05) is 25.7 Å². The quantitative estimate of drug-likeness (QED) is 0.466. The molecular weight excluding hydrogens is 124 g/mol. The SMILES string of the molecule is [C]#CC(C)(O)CCCCC. The molecule has 0 rings (SSSR count). The molecule has 0 aliphatic rings. The standard InChI is InChI=1S/C9H15O/c1-4-6-7-8-9(3,10)5-2/h10H,4,6-8H2,1,3H3. The van der Waals surface area contributed by atoms with Crippen molar-refractivity contribution in [3.05, 3.63) is 6.42 Å². The molecule has 0 bridgehead atoms. The van der Waals surface area contributed by atoms with Crippen LogP contribution in [-0.2, 0) is 0 Å². The van der Waals surface area contributed by atoms with E-state index in [0.29, 0.717) is 6.42 Å². The van der Waals surface area contributed by atoms with Crippen LogP contribution in [0.2, 0.25) is 0 Å². The highest BCUT2D eigenvalue weighted by molar-refractivity contribution is 4.99.